The monoisotopic (exact) mass is 212 g/mol. The van der Waals surface area contributed by atoms with E-state index in [-0.39, 0.29) is 0 Å². The Labute approximate surface area is 89.8 Å². The predicted molar refractivity (Wildman–Crippen MR) is 63.4 cm³/mol. The molecule has 0 aromatic heterocycles. The fourth-order valence-corrected chi connectivity index (χ4v) is 5.17. The van der Waals surface area contributed by atoms with Gasteiger partial charge in [0, 0.05) is 0 Å². The predicted octanol–water partition coefficient (Wildman–Crippen LogP) is 3.28. The largest absolute Gasteiger partial charge is 0.376 e. The molecule has 0 N–H and O–H groups in total. The molecule has 2 saturated carbocycles. The third-order valence-electron chi connectivity index (χ3n) is 4.21. The van der Waals surface area contributed by atoms with E-state index in [9.17, 15) is 0 Å². The molecule has 0 unspecified atom stereocenters. The number of hydrogen-bond acceptors (Lipinski definition) is 1. The maximum atomic E-state index is 6.48. The topological polar surface area (TPSA) is 9.23 Å². The highest BCUT2D eigenvalue weighted by atomic mass is 28.3. The van der Waals surface area contributed by atoms with Crippen LogP contribution in [0.4, 0.5) is 0 Å². The first-order valence-electron chi connectivity index (χ1n) is 6.41. The van der Waals surface area contributed by atoms with Crippen LogP contribution in [-0.2, 0) is 4.74 Å². The van der Waals surface area contributed by atoms with Crippen LogP contribution in [-0.4, -0.2) is 20.1 Å². The maximum Gasteiger partial charge on any atom is 0.0695 e. The second-order valence-corrected chi connectivity index (χ2v) is 8.81. The van der Waals surface area contributed by atoms with Gasteiger partial charge in [0.05, 0.1) is 20.1 Å². The van der Waals surface area contributed by atoms with Gasteiger partial charge in [-0.15, -0.1) is 0 Å². The lowest BCUT2D eigenvalue weighted by Crippen LogP contribution is -2.44. The molecule has 0 spiro atoms. The van der Waals surface area contributed by atoms with Crippen molar-refractivity contribution in [1.82, 2.24) is 0 Å². The molecule has 0 aliphatic heterocycles. The van der Waals surface area contributed by atoms with Gasteiger partial charge >= 0.3 is 0 Å². The Balaban J connectivity index is 1.96. The summed E-state index contributed by atoms with van der Waals surface area (Å²) in [6, 6.07) is 0. The smallest absolute Gasteiger partial charge is 0.0695 e. The number of hydrogen-bond donors (Lipinski definition) is 0. The van der Waals surface area contributed by atoms with E-state index in [0.717, 1.165) is 0 Å². The molecule has 0 bridgehead atoms. The molecule has 2 fully saturated rings. The summed E-state index contributed by atoms with van der Waals surface area (Å²) in [4.78, 5) is 0. The molecular formula is C12H24OSi. The molecular weight excluding hydrogens is 188 g/mol. The Morgan fingerprint density at radius 1 is 1.00 bits per heavy atom. The van der Waals surface area contributed by atoms with E-state index in [1.54, 1.807) is 0 Å². The van der Waals surface area contributed by atoms with Crippen LogP contribution in [0.2, 0.25) is 13.1 Å². The quantitative estimate of drug-likeness (QED) is 0.652. The Bertz CT molecular complexity index is 179. The van der Waals surface area contributed by atoms with Crippen LogP contribution in [0.5, 0.6) is 0 Å². The van der Waals surface area contributed by atoms with Crippen molar-refractivity contribution in [2.75, 3.05) is 0 Å². The van der Waals surface area contributed by atoms with E-state index in [4.69, 9.17) is 4.74 Å². The molecule has 0 amide bonds. The van der Waals surface area contributed by atoms with E-state index in [1.165, 1.54) is 51.4 Å². The highest BCUT2D eigenvalue weighted by Gasteiger charge is 2.40. The second-order valence-electron chi connectivity index (χ2n) is 5.45. The second kappa shape index (κ2) is 4.36. The Morgan fingerprint density at radius 3 is 2.07 bits per heavy atom. The Hall–Kier alpha value is 0.177. The molecule has 1 nitrogen and oxygen atoms in total. The molecule has 82 valence electrons. The molecule has 2 rings (SSSR count). The van der Waals surface area contributed by atoms with Gasteiger partial charge in [-0.25, -0.2) is 0 Å². The highest BCUT2D eigenvalue weighted by molar-refractivity contribution is 6.59. The fourth-order valence-electron chi connectivity index (χ4n) is 3.14. The minimum atomic E-state index is -0.637. The zero-order chi connectivity index (χ0) is 10.0. The van der Waals surface area contributed by atoms with Crippen molar-refractivity contribution < 1.29 is 4.74 Å². The summed E-state index contributed by atoms with van der Waals surface area (Å²) >= 11 is 0. The molecule has 0 heterocycles. The van der Waals surface area contributed by atoms with Crippen LogP contribution in [0.25, 0.3) is 0 Å². The van der Waals surface area contributed by atoms with Gasteiger partial charge in [0.25, 0.3) is 0 Å². The molecule has 14 heavy (non-hydrogen) atoms. The third-order valence-corrected chi connectivity index (χ3v) is 7.02. The van der Waals surface area contributed by atoms with Crippen molar-refractivity contribution in [3.63, 3.8) is 0 Å². The highest BCUT2D eigenvalue weighted by Crippen LogP contribution is 2.39. The summed E-state index contributed by atoms with van der Waals surface area (Å²) in [5, 5.41) is 0.398. The van der Waals surface area contributed by atoms with Gasteiger partial charge in [0.1, 0.15) is 0 Å². The van der Waals surface area contributed by atoms with E-state index in [1.807, 2.05) is 0 Å². The van der Waals surface area contributed by atoms with Gasteiger partial charge in [-0.05, 0) is 25.7 Å². The molecule has 0 radical (unpaired) electrons. The molecule has 2 aliphatic rings. The lowest BCUT2D eigenvalue weighted by atomic mass is 10.2. The minimum absolute atomic E-state index is 0.398. The fraction of sp³-hybridized carbons (Fsp3) is 1.00. The first-order valence-corrected chi connectivity index (χ1v) is 9.29. The molecule has 0 saturated heterocycles. The van der Waals surface area contributed by atoms with Crippen molar-refractivity contribution >= 4 is 8.80 Å². The standard InChI is InChI=1S/C12H24OSi/c1-14(2)12(9-5-6-10-12)13-11-7-3-4-8-11/h11,14H,3-10H2,1-2H3. The summed E-state index contributed by atoms with van der Waals surface area (Å²) in [7, 11) is -0.637. The van der Waals surface area contributed by atoms with Gasteiger partial charge in [-0.3, -0.25) is 0 Å². The first kappa shape index (κ1) is 10.7. The van der Waals surface area contributed by atoms with E-state index in [2.05, 4.69) is 13.1 Å². The van der Waals surface area contributed by atoms with Crippen LogP contribution < -0.4 is 0 Å². The zero-order valence-corrected chi connectivity index (χ0v) is 10.9. The first-order chi connectivity index (χ1) is 6.73. The van der Waals surface area contributed by atoms with Crippen molar-refractivity contribution in [3.8, 4) is 0 Å². The molecule has 0 atom stereocenters. The summed E-state index contributed by atoms with van der Waals surface area (Å²) in [5.41, 5.74) is 0. The van der Waals surface area contributed by atoms with Gasteiger partial charge in [-0.2, -0.15) is 0 Å². The molecule has 0 aromatic rings. The van der Waals surface area contributed by atoms with Crippen LogP contribution in [0.1, 0.15) is 51.4 Å². The van der Waals surface area contributed by atoms with Gasteiger partial charge in [0.2, 0.25) is 0 Å². The average molecular weight is 212 g/mol. The van der Waals surface area contributed by atoms with Gasteiger partial charge in [-0.1, -0.05) is 38.8 Å². The minimum Gasteiger partial charge on any atom is -0.376 e. The van der Waals surface area contributed by atoms with E-state index in [0.29, 0.717) is 11.3 Å². The molecule has 2 heteroatoms. The van der Waals surface area contributed by atoms with Crippen LogP contribution >= 0.6 is 0 Å². The van der Waals surface area contributed by atoms with E-state index >= 15 is 0 Å². The average Bonchev–Trinajstić information content (AvgIpc) is 2.76. The maximum absolute atomic E-state index is 6.48. The van der Waals surface area contributed by atoms with Crippen LogP contribution in [0, 0.1) is 0 Å². The molecule has 2 aliphatic carbocycles. The summed E-state index contributed by atoms with van der Waals surface area (Å²) in [5.74, 6) is 0. The van der Waals surface area contributed by atoms with Crippen molar-refractivity contribution in [2.45, 2.75) is 75.8 Å². The molecule has 0 aromatic carbocycles. The lowest BCUT2D eigenvalue weighted by Gasteiger charge is -2.36. The summed E-state index contributed by atoms with van der Waals surface area (Å²) in [6.45, 7) is 4.94. The summed E-state index contributed by atoms with van der Waals surface area (Å²) < 4.78 is 6.48. The van der Waals surface area contributed by atoms with Crippen LogP contribution in [0.15, 0.2) is 0 Å². The normalized spacial score (nSPS) is 27.6. The number of ether oxygens (including phenoxy) is 1. The van der Waals surface area contributed by atoms with E-state index < -0.39 is 8.80 Å². The van der Waals surface area contributed by atoms with Gasteiger partial charge < -0.3 is 4.74 Å². The Kier molecular flexibility index (Phi) is 3.33. The number of rotatable bonds is 3. The zero-order valence-electron chi connectivity index (χ0n) is 9.72. The Morgan fingerprint density at radius 2 is 1.57 bits per heavy atom. The lowest BCUT2D eigenvalue weighted by molar-refractivity contribution is -0.0375. The SMILES string of the molecule is C[SiH](C)C1(OC2CCCC2)CCCC1. The van der Waals surface area contributed by atoms with Crippen molar-refractivity contribution in [3.05, 3.63) is 0 Å². The third kappa shape index (κ3) is 2.06. The van der Waals surface area contributed by atoms with Crippen molar-refractivity contribution in [1.29, 1.82) is 0 Å². The van der Waals surface area contributed by atoms with Crippen LogP contribution in [0.3, 0.4) is 0 Å². The summed E-state index contributed by atoms with van der Waals surface area (Å²) in [6.07, 6.45) is 11.7. The van der Waals surface area contributed by atoms with Crippen molar-refractivity contribution in [2.24, 2.45) is 0 Å². The van der Waals surface area contributed by atoms with Gasteiger partial charge in [0.15, 0.2) is 0 Å².